The fourth-order valence-corrected chi connectivity index (χ4v) is 2.28. The Morgan fingerprint density at radius 2 is 2.05 bits per heavy atom. The van der Waals surface area contributed by atoms with E-state index in [1.807, 2.05) is 0 Å². The SMILES string of the molecule is Cc1ccc(F)c(-n2c(=S)[nH]c3cccnc32)c1F. The molecule has 0 atom stereocenters. The summed E-state index contributed by atoms with van der Waals surface area (Å²) in [6.45, 7) is 1.57. The molecule has 1 aromatic carbocycles. The Bertz CT molecular complexity index is 836. The molecule has 96 valence electrons. The third-order valence-corrected chi connectivity index (χ3v) is 3.21. The number of halogens is 2. The first-order valence-corrected chi connectivity index (χ1v) is 6.01. The minimum Gasteiger partial charge on any atom is -0.329 e. The third-order valence-electron chi connectivity index (χ3n) is 2.93. The first-order chi connectivity index (χ1) is 9.09. The number of nitrogens with zero attached hydrogens (tertiary/aromatic N) is 2. The number of hydrogen-bond acceptors (Lipinski definition) is 2. The van der Waals surface area contributed by atoms with Gasteiger partial charge in [-0.2, -0.15) is 0 Å². The molecule has 0 bridgehead atoms. The molecular weight excluding hydrogens is 268 g/mol. The van der Waals surface area contributed by atoms with Crippen LogP contribution >= 0.6 is 12.2 Å². The van der Waals surface area contributed by atoms with E-state index in [9.17, 15) is 8.78 Å². The molecule has 3 aromatic rings. The first kappa shape index (κ1) is 12.0. The van der Waals surface area contributed by atoms with Crippen LogP contribution in [0.1, 0.15) is 5.56 Å². The van der Waals surface area contributed by atoms with Gasteiger partial charge < -0.3 is 4.98 Å². The van der Waals surface area contributed by atoms with Crippen molar-refractivity contribution in [3.05, 3.63) is 52.4 Å². The van der Waals surface area contributed by atoms with Gasteiger partial charge in [0.05, 0.1) is 5.52 Å². The molecule has 6 heteroatoms. The summed E-state index contributed by atoms with van der Waals surface area (Å²) in [5, 5.41) is 0. The summed E-state index contributed by atoms with van der Waals surface area (Å²) in [4.78, 5) is 7.00. The number of aromatic amines is 1. The van der Waals surface area contributed by atoms with Gasteiger partial charge in [0.1, 0.15) is 11.5 Å². The van der Waals surface area contributed by atoms with Crippen molar-refractivity contribution in [2.24, 2.45) is 0 Å². The maximum Gasteiger partial charge on any atom is 0.184 e. The molecule has 19 heavy (non-hydrogen) atoms. The first-order valence-electron chi connectivity index (χ1n) is 5.60. The lowest BCUT2D eigenvalue weighted by molar-refractivity contribution is 0.564. The number of aromatic nitrogens is 3. The molecule has 0 saturated carbocycles. The third kappa shape index (κ3) is 1.76. The molecule has 0 amide bonds. The zero-order valence-electron chi connectivity index (χ0n) is 9.95. The molecule has 0 aliphatic heterocycles. The van der Waals surface area contributed by atoms with Crippen molar-refractivity contribution < 1.29 is 8.78 Å². The molecule has 2 heterocycles. The summed E-state index contributed by atoms with van der Waals surface area (Å²) in [6, 6.07) is 6.08. The lowest BCUT2D eigenvalue weighted by Gasteiger charge is -2.08. The molecule has 0 unspecified atom stereocenters. The highest BCUT2D eigenvalue weighted by Gasteiger charge is 2.17. The summed E-state index contributed by atoms with van der Waals surface area (Å²) in [5.74, 6) is -1.31. The Hall–Kier alpha value is -2.08. The van der Waals surface area contributed by atoms with E-state index < -0.39 is 11.6 Å². The molecule has 0 aliphatic carbocycles. The number of rotatable bonds is 1. The summed E-state index contributed by atoms with van der Waals surface area (Å²) >= 11 is 5.13. The van der Waals surface area contributed by atoms with Gasteiger partial charge in [0.15, 0.2) is 16.2 Å². The number of pyridine rings is 1. The molecule has 0 aliphatic rings. The van der Waals surface area contributed by atoms with Crippen LogP contribution in [-0.2, 0) is 0 Å². The van der Waals surface area contributed by atoms with Crippen molar-refractivity contribution >= 4 is 23.4 Å². The Kier molecular flexibility index (Phi) is 2.67. The van der Waals surface area contributed by atoms with Crippen molar-refractivity contribution in [2.75, 3.05) is 0 Å². The Morgan fingerprint density at radius 3 is 2.84 bits per heavy atom. The quantitative estimate of drug-likeness (QED) is 0.688. The highest BCUT2D eigenvalue weighted by atomic mass is 32.1. The summed E-state index contributed by atoms with van der Waals surface area (Å²) in [7, 11) is 0. The predicted octanol–water partition coefficient (Wildman–Crippen LogP) is 3.67. The molecule has 2 aromatic heterocycles. The number of benzene rings is 1. The van der Waals surface area contributed by atoms with E-state index in [2.05, 4.69) is 9.97 Å². The van der Waals surface area contributed by atoms with Crippen molar-refractivity contribution in [2.45, 2.75) is 6.92 Å². The number of fused-ring (bicyclic) bond motifs is 1. The van der Waals surface area contributed by atoms with E-state index in [1.165, 1.54) is 16.7 Å². The molecule has 1 N–H and O–H groups in total. The standard InChI is InChI=1S/C13H9F2N3S/c1-7-4-5-8(14)11(10(7)15)18-12-9(17-13(18)19)3-2-6-16-12/h2-6H,1H3,(H,17,19). The maximum atomic E-state index is 14.2. The fraction of sp³-hybridized carbons (Fsp3) is 0.0769. The van der Waals surface area contributed by atoms with Crippen LogP contribution in [0.5, 0.6) is 0 Å². The van der Waals surface area contributed by atoms with E-state index >= 15 is 0 Å². The van der Waals surface area contributed by atoms with E-state index in [0.29, 0.717) is 16.7 Å². The molecular formula is C13H9F2N3S. The summed E-state index contributed by atoms with van der Waals surface area (Å²) in [5.41, 5.74) is 1.18. The fourth-order valence-electron chi connectivity index (χ4n) is 1.99. The Morgan fingerprint density at radius 1 is 1.26 bits per heavy atom. The highest BCUT2D eigenvalue weighted by molar-refractivity contribution is 7.71. The molecule has 3 nitrogen and oxygen atoms in total. The summed E-state index contributed by atoms with van der Waals surface area (Å²) < 4.78 is 29.6. The molecule has 0 radical (unpaired) electrons. The van der Waals surface area contributed by atoms with Crippen LogP contribution in [0.2, 0.25) is 0 Å². The molecule has 0 fully saturated rings. The number of nitrogens with one attached hydrogen (secondary N) is 1. The van der Waals surface area contributed by atoms with Crippen LogP contribution < -0.4 is 0 Å². The van der Waals surface area contributed by atoms with Gasteiger partial charge in [0.2, 0.25) is 0 Å². The minimum absolute atomic E-state index is 0.199. The Labute approximate surface area is 112 Å². The van der Waals surface area contributed by atoms with E-state index in [-0.39, 0.29) is 10.5 Å². The average Bonchev–Trinajstić information content (AvgIpc) is 2.72. The zero-order valence-corrected chi connectivity index (χ0v) is 10.8. The second-order valence-corrected chi connectivity index (χ2v) is 4.55. The van der Waals surface area contributed by atoms with Crippen molar-refractivity contribution in [3.63, 3.8) is 0 Å². The van der Waals surface area contributed by atoms with Crippen molar-refractivity contribution in [3.8, 4) is 5.69 Å². The lowest BCUT2D eigenvalue weighted by Crippen LogP contribution is -2.04. The lowest BCUT2D eigenvalue weighted by atomic mass is 10.2. The predicted molar refractivity (Wildman–Crippen MR) is 70.9 cm³/mol. The molecule has 0 saturated heterocycles. The van der Waals surface area contributed by atoms with Crippen LogP contribution in [0.25, 0.3) is 16.9 Å². The monoisotopic (exact) mass is 277 g/mol. The van der Waals surface area contributed by atoms with Gasteiger partial charge in [-0.1, -0.05) is 6.07 Å². The second kappa shape index (κ2) is 4.24. The van der Waals surface area contributed by atoms with Crippen LogP contribution in [0.3, 0.4) is 0 Å². The topological polar surface area (TPSA) is 33.6 Å². The van der Waals surface area contributed by atoms with Gasteiger partial charge in [-0.05, 0) is 42.9 Å². The number of imidazole rings is 1. The van der Waals surface area contributed by atoms with Crippen molar-refractivity contribution in [1.29, 1.82) is 0 Å². The maximum absolute atomic E-state index is 14.2. The zero-order chi connectivity index (χ0) is 13.6. The normalized spacial score (nSPS) is 11.1. The minimum atomic E-state index is -0.675. The average molecular weight is 277 g/mol. The van der Waals surface area contributed by atoms with Gasteiger partial charge in [0.25, 0.3) is 0 Å². The largest absolute Gasteiger partial charge is 0.329 e. The molecule has 0 spiro atoms. The summed E-state index contributed by atoms with van der Waals surface area (Å²) in [6.07, 6.45) is 1.55. The van der Waals surface area contributed by atoms with Gasteiger partial charge in [0, 0.05) is 6.20 Å². The number of H-pyrrole nitrogens is 1. The van der Waals surface area contributed by atoms with Crippen molar-refractivity contribution in [1.82, 2.24) is 14.5 Å². The van der Waals surface area contributed by atoms with E-state index in [4.69, 9.17) is 12.2 Å². The van der Waals surface area contributed by atoms with E-state index in [0.717, 1.165) is 0 Å². The number of aryl methyl sites for hydroxylation is 1. The van der Waals surface area contributed by atoms with Gasteiger partial charge >= 0.3 is 0 Å². The second-order valence-electron chi connectivity index (χ2n) is 4.17. The highest BCUT2D eigenvalue weighted by Crippen LogP contribution is 2.24. The number of hydrogen-bond donors (Lipinski definition) is 1. The van der Waals surface area contributed by atoms with E-state index in [1.54, 1.807) is 25.3 Å². The smallest absolute Gasteiger partial charge is 0.184 e. The Balaban J connectivity index is 2.47. The van der Waals surface area contributed by atoms with Crippen LogP contribution in [0.4, 0.5) is 8.78 Å². The van der Waals surface area contributed by atoms with Crippen LogP contribution in [0, 0.1) is 23.3 Å². The van der Waals surface area contributed by atoms with Gasteiger partial charge in [-0.25, -0.2) is 13.8 Å². The van der Waals surface area contributed by atoms with Crippen LogP contribution in [-0.4, -0.2) is 14.5 Å². The van der Waals surface area contributed by atoms with Crippen LogP contribution in [0.15, 0.2) is 30.5 Å². The molecule has 3 rings (SSSR count). The van der Waals surface area contributed by atoms with Gasteiger partial charge in [-0.15, -0.1) is 0 Å². The van der Waals surface area contributed by atoms with Gasteiger partial charge in [-0.3, -0.25) is 4.57 Å².